The molecular weight excluding hydrogens is 250 g/mol. The number of nitrogens with zero attached hydrogens (tertiary/aromatic N) is 2. The Balaban J connectivity index is 1.94. The molecular formula is C13H14ClN3O. The summed E-state index contributed by atoms with van der Waals surface area (Å²) in [5.74, 6) is 1.23. The quantitative estimate of drug-likeness (QED) is 0.905. The predicted molar refractivity (Wildman–Crippen MR) is 69.3 cm³/mol. The topological polar surface area (TPSA) is 51.0 Å². The molecule has 0 radical (unpaired) electrons. The van der Waals surface area contributed by atoms with Gasteiger partial charge in [0.2, 0.25) is 11.7 Å². The highest BCUT2D eigenvalue weighted by Gasteiger charge is 2.35. The van der Waals surface area contributed by atoms with Gasteiger partial charge >= 0.3 is 0 Å². The van der Waals surface area contributed by atoms with Gasteiger partial charge < -0.3 is 9.84 Å². The van der Waals surface area contributed by atoms with Gasteiger partial charge in [0, 0.05) is 10.6 Å². The van der Waals surface area contributed by atoms with Gasteiger partial charge in [0.05, 0.1) is 5.54 Å². The predicted octanol–water partition coefficient (Wildman–Crippen LogP) is 2.99. The van der Waals surface area contributed by atoms with Crippen LogP contribution in [0.1, 0.15) is 25.7 Å². The van der Waals surface area contributed by atoms with Crippen LogP contribution in [0.25, 0.3) is 11.4 Å². The zero-order chi connectivity index (χ0) is 12.6. The first-order valence-electron chi connectivity index (χ1n) is 6.02. The molecule has 0 saturated carbocycles. The summed E-state index contributed by atoms with van der Waals surface area (Å²) < 4.78 is 5.38. The van der Waals surface area contributed by atoms with Crippen LogP contribution in [0, 0.1) is 0 Å². The minimum Gasteiger partial charge on any atom is -0.337 e. The third-order valence-electron chi connectivity index (χ3n) is 3.35. The zero-order valence-electron chi connectivity index (χ0n) is 10.1. The molecule has 1 atom stereocenters. The molecule has 1 saturated heterocycles. The molecule has 1 aromatic carbocycles. The number of nitrogens with one attached hydrogen (secondary N) is 1. The van der Waals surface area contributed by atoms with Crippen LogP contribution in [0.5, 0.6) is 0 Å². The van der Waals surface area contributed by atoms with E-state index < -0.39 is 0 Å². The molecule has 2 aromatic rings. The zero-order valence-corrected chi connectivity index (χ0v) is 10.9. The number of aromatic nitrogens is 2. The average Bonchev–Trinajstić information content (AvgIpc) is 2.98. The van der Waals surface area contributed by atoms with Crippen LogP contribution >= 0.6 is 11.6 Å². The van der Waals surface area contributed by atoms with Crippen molar-refractivity contribution in [3.05, 3.63) is 35.2 Å². The van der Waals surface area contributed by atoms with Crippen molar-refractivity contribution in [2.75, 3.05) is 6.54 Å². The maximum Gasteiger partial charge on any atom is 0.246 e. The molecule has 0 aliphatic carbocycles. The second-order valence-electron chi connectivity index (χ2n) is 4.80. The third kappa shape index (κ3) is 2.02. The van der Waals surface area contributed by atoms with Crippen LogP contribution in [0.3, 0.4) is 0 Å². The molecule has 0 spiro atoms. The SMILES string of the molecule is CC1(c2nc(-c3cccc(Cl)c3)no2)CCCN1. The van der Waals surface area contributed by atoms with E-state index in [1.807, 2.05) is 24.3 Å². The fraction of sp³-hybridized carbons (Fsp3) is 0.385. The summed E-state index contributed by atoms with van der Waals surface area (Å²) in [6.07, 6.45) is 2.15. The van der Waals surface area contributed by atoms with Gasteiger partial charge in [-0.3, -0.25) is 0 Å². The number of hydrogen-bond donors (Lipinski definition) is 1. The van der Waals surface area contributed by atoms with Crippen LogP contribution in [0.2, 0.25) is 5.02 Å². The van der Waals surface area contributed by atoms with Gasteiger partial charge in [0.15, 0.2) is 0 Å². The maximum atomic E-state index is 5.96. The second-order valence-corrected chi connectivity index (χ2v) is 5.23. The van der Waals surface area contributed by atoms with E-state index in [0.717, 1.165) is 24.9 Å². The van der Waals surface area contributed by atoms with Crippen molar-refractivity contribution in [2.45, 2.75) is 25.3 Å². The Morgan fingerprint density at radius 1 is 1.44 bits per heavy atom. The Morgan fingerprint density at radius 2 is 2.33 bits per heavy atom. The van der Waals surface area contributed by atoms with Crippen LogP contribution in [0.15, 0.2) is 28.8 Å². The maximum absolute atomic E-state index is 5.96. The lowest BCUT2D eigenvalue weighted by Crippen LogP contribution is -2.33. The van der Waals surface area contributed by atoms with E-state index in [4.69, 9.17) is 16.1 Å². The molecule has 1 aromatic heterocycles. The highest BCUT2D eigenvalue weighted by atomic mass is 35.5. The van der Waals surface area contributed by atoms with Gasteiger partial charge in [0.1, 0.15) is 0 Å². The van der Waals surface area contributed by atoms with Gasteiger partial charge in [-0.1, -0.05) is 28.9 Å². The molecule has 0 bridgehead atoms. The molecule has 18 heavy (non-hydrogen) atoms. The summed E-state index contributed by atoms with van der Waals surface area (Å²) in [4.78, 5) is 4.48. The van der Waals surface area contributed by atoms with E-state index in [0.29, 0.717) is 16.7 Å². The van der Waals surface area contributed by atoms with Gasteiger partial charge in [-0.05, 0) is 38.4 Å². The molecule has 4 nitrogen and oxygen atoms in total. The first-order chi connectivity index (χ1) is 8.67. The summed E-state index contributed by atoms with van der Waals surface area (Å²) >= 11 is 5.96. The van der Waals surface area contributed by atoms with E-state index in [9.17, 15) is 0 Å². The smallest absolute Gasteiger partial charge is 0.246 e. The van der Waals surface area contributed by atoms with Gasteiger partial charge in [-0.15, -0.1) is 0 Å². The molecule has 1 fully saturated rings. The van der Waals surface area contributed by atoms with Crippen molar-refractivity contribution in [1.82, 2.24) is 15.5 Å². The molecule has 1 aliphatic heterocycles. The minimum absolute atomic E-state index is 0.191. The largest absolute Gasteiger partial charge is 0.337 e. The fourth-order valence-corrected chi connectivity index (χ4v) is 2.46. The Kier molecular flexibility index (Phi) is 2.84. The van der Waals surface area contributed by atoms with E-state index in [1.54, 1.807) is 0 Å². The van der Waals surface area contributed by atoms with Crippen LogP contribution in [0.4, 0.5) is 0 Å². The average molecular weight is 264 g/mol. The number of benzene rings is 1. The summed E-state index contributed by atoms with van der Waals surface area (Å²) in [5, 5.41) is 8.11. The van der Waals surface area contributed by atoms with E-state index in [2.05, 4.69) is 22.4 Å². The summed E-state index contributed by atoms with van der Waals surface area (Å²) in [7, 11) is 0. The van der Waals surface area contributed by atoms with Crippen molar-refractivity contribution in [3.8, 4) is 11.4 Å². The van der Waals surface area contributed by atoms with Gasteiger partial charge in [0.25, 0.3) is 0 Å². The van der Waals surface area contributed by atoms with Crippen molar-refractivity contribution in [2.24, 2.45) is 0 Å². The van der Waals surface area contributed by atoms with E-state index in [1.165, 1.54) is 0 Å². The fourth-order valence-electron chi connectivity index (χ4n) is 2.27. The number of rotatable bonds is 2. The van der Waals surface area contributed by atoms with E-state index >= 15 is 0 Å². The molecule has 0 amide bonds. The third-order valence-corrected chi connectivity index (χ3v) is 3.58. The molecule has 5 heteroatoms. The Morgan fingerprint density at radius 3 is 3.06 bits per heavy atom. The van der Waals surface area contributed by atoms with Crippen LogP contribution in [-0.4, -0.2) is 16.7 Å². The van der Waals surface area contributed by atoms with Crippen molar-refractivity contribution >= 4 is 11.6 Å². The van der Waals surface area contributed by atoms with Crippen molar-refractivity contribution < 1.29 is 4.52 Å². The number of halogens is 1. The summed E-state index contributed by atoms with van der Waals surface area (Å²) in [5.41, 5.74) is 0.684. The first kappa shape index (κ1) is 11.7. The Labute approximate surface area is 110 Å². The first-order valence-corrected chi connectivity index (χ1v) is 6.40. The van der Waals surface area contributed by atoms with E-state index in [-0.39, 0.29) is 5.54 Å². The van der Waals surface area contributed by atoms with Crippen molar-refractivity contribution in [3.63, 3.8) is 0 Å². The standard InChI is InChI=1S/C13H14ClN3O/c1-13(6-3-7-15-13)12-16-11(17-18-12)9-4-2-5-10(14)8-9/h2,4-5,8,15H,3,6-7H2,1H3. The van der Waals surface area contributed by atoms with Crippen LogP contribution in [-0.2, 0) is 5.54 Å². The molecule has 1 N–H and O–H groups in total. The monoisotopic (exact) mass is 263 g/mol. The van der Waals surface area contributed by atoms with Gasteiger partial charge in [-0.2, -0.15) is 4.98 Å². The highest BCUT2D eigenvalue weighted by molar-refractivity contribution is 6.30. The minimum atomic E-state index is -0.191. The number of hydrogen-bond acceptors (Lipinski definition) is 4. The molecule has 3 rings (SSSR count). The summed E-state index contributed by atoms with van der Waals surface area (Å²) in [6.45, 7) is 3.08. The van der Waals surface area contributed by atoms with Gasteiger partial charge in [-0.25, -0.2) is 0 Å². The second kappa shape index (κ2) is 4.37. The van der Waals surface area contributed by atoms with Crippen molar-refractivity contribution in [1.29, 1.82) is 0 Å². The Hall–Kier alpha value is -1.39. The Bertz CT molecular complexity index is 561. The van der Waals surface area contributed by atoms with Crippen LogP contribution < -0.4 is 5.32 Å². The normalized spacial score (nSPS) is 23.4. The molecule has 94 valence electrons. The summed E-state index contributed by atoms with van der Waals surface area (Å²) in [6, 6.07) is 7.46. The molecule has 1 aliphatic rings. The highest BCUT2D eigenvalue weighted by Crippen LogP contribution is 2.30. The lowest BCUT2D eigenvalue weighted by Gasteiger charge is -2.18. The molecule has 2 heterocycles. The lowest BCUT2D eigenvalue weighted by atomic mass is 10.0. The molecule has 1 unspecified atom stereocenters. The lowest BCUT2D eigenvalue weighted by molar-refractivity contribution is 0.275.